The highest BCUT2D eigenvalue weighted by Crippen LogP contribution is 2.20. The summed E-state index contributed by atoms with van der Waals surface area (Å²) >= 11 is 0. The highest BCUT2D eigenvalue weighted by atomic mass is 15.2. The minimum atomic E-state index is 0.600. The van der Waals surface area contributed by atoms with E-state index in [1.54, 1.807) is 12.3 Å². The van der Waals surface area contributed by atoms with E-state index in [0.29, 0.717) is 11.4 Å². The molecule has 0 radical (unpaired) electrons. The second-order valence-electron chi connectivity index (χ2n) is 4.26. The van der Waals surface area contributed by atoms with Crippen molar-refractivity contribution in [2.75, 3.05) is 50.6 Å². The molecule has 4 N–H and O–H groups in total. The number of anilines is 3. The summed E-state index contributed by atoms with van der Waals surface area (Å²) in [6.07, 6.45) is 2.71. The first kappa shape index (κ1) is 12.6. The Bertz CT molecular complexity index is 337. The lowest BCUT2D eigenvalue weighted by Crippen LogP contribution is -2.24. The molecule has 0 saturated carbocycles. The van der Waals surface area contributed by atoms with Crippen LogP contribution in [-0.4, -0.2) is 44.1 Å². The molecule has 1 aromatic heterocycles. The molecule has 0 saturated heterocycles. The number of nitrogen functional groups attached to an aromatic ring is 2. The molecule has 0 unspecified atom stereocenters. The molecule has 0 aliphatic carbocycles. The molecule has 1 rings (SSSR count). The lowest BCUT2D eigenvalue weighted by Gasteiger charge is -2.20. The summed E-state index contributed by atoms with van der Waals surface area (Å²) < 4.78 is 0. The van der Waals surface area contributed by atoms with Crippen LogP contribution in [0.15, 0.2) is 12.3 Å². The predicted octanol–water partition coefficient (Wildman–Crippen LogP) is 0.634. The van der Waals surface area contributed by atoms with Crippen LogP contribution in [0, 0.1) is 0 Å². The highest BCUT2D eigenvalue weighted by molar-refractivity contribution is 5.66. The van der Waals surface area contributed by atoms with E-state index in [1.807, 2.05) is 7.05 Å². The molecule has 0 spiro atoms. The van der Waals surface area contributed by atoms with E-state index in [4.69, 9.17) is 11.5 Å². The normalized spacial score (nSPS) is 10.8. The van der Waals surface area contributed by atoms with Crippen LogP contribution in [0.1, 0.15) is 6.42 Å². The summed E-state index contributed by atoms with van der Waals surface area (Å²) in [5, 5.41) is 0. The fraction of sp³-hybridized carbons (Fsp3) is 0.545. The van der Waals surface area contributed by atoms with Crippen molar-refractivity contribution in [3.63, 3.8) is 0 Å². The van der Waals surface area contributed by atoms with Crippen LogP contribution in [0.5, 0.6) is 0 Å². The summed E-state index contributed by atoms with van der Waals surface area (Å²) in [4.78, 5) is 8.45. The monoisotopic (exact) mass is 223 g/mol. The van der Waals surface area contributed by atoms with Crippen LogP contribution in [0.2, 0.25) is 0 Å². The Morgan fingerprint density at radius 3 is 2.44 bits per heavy atom. The van der Waals surface area contributed by atoms with Gasteiger partial charge in [-0.1, -0.05) is 0 Å². The maximum absolute atomic E-state index is 5.86. The summed E-state index contributed by atoms with van der Waals surface area (Å²) in [5.41, 5.74) is 12.7. The van der Waals surface area contributed by atoms with E-state index >= 15 is 0 Å². The van der Waals surface area contributed by atoms with Crippen LogP contribution < -0.4 is 16.4 Å². The Labute approximate surface area is 97.0 Å². The van der Waals surface area contributed by atoms with Gasteiger partial charge in [-0.15, -0.1) is 0 Å². The SMILES string of the molecule is CN(C)CCCN(C)c1ncc(N)cc1N. The lowest BCUT2D eigenvalue weighted by atomic mass is 10.3. The number of aromatic nitrogens is 1. The van der Waals surface area contributed by atoms with Crippen molar-refractivity contribution in [1.82, 2.24) is 9.88 Å². The number of pyridine rings is 1. The van der Waals surface area contributed by atoms with Gasteiger partial charge >= 0.3 is 0 Å². The van der Waals surface area contributed by atoms with E-state index in [9.17, 15) is 0 Å². The molecule has 1 aromatic rings. The minimum absolute atomic E-state index is 0.600. The van der Waals surface area contributed by atoms with Crippen LogP contribution in [0.4, 0.5) is 17.2 Å². The predicted molar refractivity (Wildman–Crippen MR) is 69.5 cm³/mol. The first-order valence-electron chi connectivity index (χ1n) is 5.37. The van der Waals surface area contributed by atoms with Gasteiger partial charge in [0.1, 0.15) is 0 Å². The van der Waals surface area contributed by atoms with Gasteiger partial charge < -0.3 is 21.3 Å². The lowest BCUT2D eigenvalue weighted by molar-refractivity contribution is 0.401. The van der Waals surface area contributed by atoms with Crippen molar-refractivity contribution < 1.29 is 0 Å². The summed E-state index contributed by atoms with van der Waals surface area (Å²) in [5.74, 6) is 0.799. The van der Waals surface area contributed by atoms with Gasteiger partial charge in [0.25, 0.3) is 0 Å². The zero-order chi connectivity index (χ0) is 12.1. The zero-order valence-electron chi connectivity index (χ0n) is 10.3. The van der Waals surface area contributed by atoms with Crippen LogP contribution in [0.25, 0.3) is 0 Å². The molecule has 5 heteroatoms. The van der Waals surface area contributed by atoms with Crippen molar-refractivity contribution in [2.24, 2.45) is 0 Å². The average Bonchev–Trinajstić information content (AvgIpc) is 2.16. The van der Waals surface area contributed by atoms with Crippen molar-refractivity contribution in [3.05, 3.63) is 12.3 Å². The van der Waals surface area contributed by atoms with Gasteiger partial charge in [0.15, 0.2) is 5.82 Å². The molecule has 5 nitrogen and oxygen atoms in total. The summed E-state index contributed by atoms with van der Waals surface area (Å²) in [7, 11) is 6.12. The van der Waals surface area contributed by atoms with E-state index < -0.39 is 0 Å². The van der Waals surface area contributed by atoms with Crippen LogP contribution in [0.3, 0.4) is 0 Å². The standard InChI is InChI=1S/C11H21N5/c1-15(2)5-4-6-16(3)11-10(13)7-9(12)8-14-11/h7-8H,4-6,12-13H2,1-3H3. The summed E-state index contributed by atoms with van der Waals surface area (Å²) in [6, 6.07) is 1.74. The van der Waals surface area contributed by atoms with Gasteiger partial charge in [-0.25, -0.2) is 4.98 Å². The highest BCUT2D eigenvalue weighted by Gasteiger charge is 2.06. The molecular weight excluding hydrogens is 202 g/mol. The zero-order valence-corrected chi connectivity index (χ0v) is 10.3. The maximum atomic E-state index is 5.86. The molecule has 1 heterocycles. The topological polar surface area (TPSA) is 71.4 Å². The second kappa shape index (κ2) is 5.55. The number of nitrogens with two attached hydrogens (primary N) is 2. The molecule has 16 heavy (non-hydrogen) atoms. The van der Waals surface area contributed by atoms with E-state index in [1.165, 1.54) is 0 Å². The molecule has 0 amide bonds. The van der Waals surface area contributed by atoms with Gasteiger partial charge in [0.05, 0.1) is 17.6 Å². The number of hydrogen-bond donors (Lipinski definition) is 2. The molecule has 0 aliphatic rings. The van der Waals surface area contributed by atoms with Gasteiger partial charge in [0.2, 0.25) is 0 Å². The molecule has 0 aromatic carbocycles. The van der Waals surface area contributed by atoms with Gasteiger partial charge in [-0.3, -0.25) is 0 Å². The minimum Gasteiger partial charge on any atom is -0.397 e. The Balaban J connectivity index is 2.55. The Morgan fingerprint density at radius 1 is 1.19 bits per heavy atom. The fourth-order valence-corrected chi connectivity index (χ4v) is 1.54. The molecule has 0 bridgehead atoms. The summed E-state index contributed by atoms with van der Waals surface area (Å²) in [6.45, 7) is 1.98. The quantitative estimate of drug-likeness (QED) is 0.766. The van der Waals surface area contributed by atoms with Crippen molar-refractivity contribution in [3.8, 4) is 0 Å². The van der Waals surface area contributed by atoms with Gasteiger partial charge in [-0.05, 0) is 33.1 Å². The molecule has 0 fully saturated rings. The Morgan fingerprint density at radius 2 is 1.88 bits per heavy atom. The number of nitrogens with zero attached hydrogens (tertiary/aromatic N) is 3. The van der Waals surface area contributed by atoms with Gasteiger partial charge in [0, 0.05) is 13.6 Å². The van der Waals surface area contributed by atoms with E-state index in [-0.39, 0.29) is 0 Å². The van der Waals surface area contributed by atoms with Crippen LogP contribution in [-0.2, 0) is 0 Å². The van der Waals surface area contributed by atoms with E-state index in [2.05, 4.69) is 28.9 Å². The number of hydrogen-bond acceptors (Lipinski definition) is 5. The Hall–Kier alpha value is -1.49. The van der Waals surface area contributed by atoms with Crippen molar-refractivity contribution >= 4 is 17.2 Å². The third kappa shape index (κ3) is 3.58. The molecule has 0 aliphatic heterocycles. The smallest absolute Gasteiger partial charge is 0.151 e. The van der Waals surface area contributed by atoms with Crippen molar-refractivity contribution in [1.29, 1.82) is 0 Å². The third-order valence-corrected chi connectivity index (χ3v) is 2.38. The maximum Gasteiger partial charge on any atom is 0.151 e. The first-order valence-corrected chi connectivity index (χ1v) is 5.37. The van der Waals surface area contributed by atoms with Crippen molar-refractivity contribution in [2.45, 2.75) is 6.42 Å². The largest absolute Gasteiger partial charge is 0.397 e. The molecular formula is C11H21N5. The second-order valence-corrected chi connectivity index (χ2v) is 4.26. The average molecular weight is 223 g/mol. The molecule has 0 atom stereocenters. The Kier molecular flexibility index (Phi) is 4.37. The third-order valence-electron chi connectivity index (χ3n) is 2.38. The van der Waals surface area contributed by atoms with Crippen LogP contribution >= 0.6 is 0 Å². The van der Waals surface area contributed by atoms with E-state index in [0.717, 1.165) is 25.3 Å². The fourth-order valence-electron chi connectivity index (χ4n) is 1.54. The first-order chi connectivity index (χ1) is 7.50. The molecule has 90 valence electrons. The number of rotatable bonds is 5. The van der Waals surface area contributed by atoms with Gasteiger partial charge in [-0.2, -0.15) is 0 Å².